The first-order valence-corrected chi connectivity index (χ1v) is 11.8. The van der Waals surface area contributed by atoms with Gasteiger partial charge in [0.25, 0.3) is 5.91 Å². The van der Waals surface area contributed by atoms with E-state index in [0.717, 1.165) is 17.0 Å². The van der Waals surface area contributed by atoms with Crippen molar-refractivity contribution in [2.45, 2.75) is 51.6 Å². The summed E-state index contributed by atoms with van der Waals surface area (Å²) < 4.78 is 6.96. The Morgan fingerprint density at radius 3 is 2.47 bits per heavy atom. The molecule has 9 nitrogen and oxygen atoms in total. The molecule has 2 fully saturated rings. The molecule has 9 heteroatoms. The fraction of sp³-hybridized carbons (Fsp3) is 0.520. The fourth-order valence-electron chi connectivity index (χ4n) is 4.89. The molecule has 4 rings (SSSR count). The van der Waals surface area contributed by atoms with Crippen LogP contribution < -0.4 is 10.1 Å². The summed E-state index contributed by atoms with van der Waals surface area (Å²) in [6.07, 6.45) is 4.23. The molecule has 4 amide bonds. The summed E-state index contributed by atoms with van der Waals surface area (Å²) in [5.74, 6) is 0.685. The van der Waals surface area contributed by atoms with Crippen molar-refractivity contribution < 1.29 is 19.1 Å². The van der Waals surface area contributed by atoms with Gasteiger partial charge in [-0.2, -0.15) is 5.10 Å². The SMILES string of the molecule is COc1ccc(CCN2C(=O)NC(C)(C3CCN(C(=O)CCn4ccc(C)n4)CC3)C2=O)cc1. The minimum absolute atomic E-state index is 0.00671. The number of urea groups is 1. The number of imide groups is 1. The molecule has 2 aromatic rings. The van der Waals surface area contributed by atoms with Crippen LogP contribution >= 0.6 is 0 Å². The zero-order chi connectivity index (χ0) is 24.3. The van der Waals surface area contributed by atoms with Crippen LogP contribution in [0.5, 0.6) is 5.75 Å². The Balaban J connectivity index is 1.29. The lowest BCUT2D eigenvalue weighted by Gasteiger charge is -2.39. The number of rotatable bonds is 8. The summed E-state index contributed by atoms with van der Waals surface area (Å²) in [7, 11) is 1.62. The van der Waals surface area contributed by atoms with E-state index in [2.05, 4.69) is 10.4 Å². The molecule has 1 aromatic carbocycles. The van der Waals surface area contributed by atoms with Crippen LogP contribution in [0.15, 0.2) is 36.5 Å². The molecule has 1 N–H and O–H groups in total. The molecule has 0 bridgehead atoms. The molecule has 3 heterocycles. The van der Waals surface area contributed by atoms with Gasteiger partial charge in [-0.05, 0) is 62.8 Å². The first kappa shape index (κ1) is 23.8. The topological polar surface area (TPSA) is 96.8 Å². The van der Waals surface area contributed by atoms with Gasteiger partial charge in [-0.1, -0.05) is 12.1 Å². The molecule has 0 spiro atoms. The van der Waals surface area contributed by atoms with E-state index in [0.29, 0.717) is 51.9 Å². The molecule has 0 saturated carbocycles. The van der Waals surface area contributed by atoms with Crippen LogP contribution in [0.25, 0.3) is 0 Å². The number of benzene rings is 1. The number of likely N-dealkylation sites (tertiary alicyclic amines) is 1. The lowest BCUT2D eigenvalue weighted by Crippen LogP contribution is -2.54. The molecule has 1 atom stereocenters. The van der Waals surface area contributed by atoms with E-state index in [1.54, 1.807) is 11.8 Å². The number of amides is 4. The fourth-order valence-corrected chi connectivity index (χ4v) is 4.89. The highest BCUT2D eigenvalue weighted by Crippen LogP contribution is 2.33. The van der Waals surface area contributed by atoms with Crippen molar-refractivity contribution in [1.29, 1.82) is 0 Å². The van der Waals surface area contributed by atoms with Gasteiger partial charge in [-0.15, -0.1) is 0 Å². The van der Waals surface area contributed by atoms with Gasteiger partial charge in [0.2, 0.25) is 5.91 Å². The quantitative estimate of drug-likeness (QED) is 0.602. The molecule has 0 radical (unpaired) electrons. The maximum atomic E-state index is 13.3. The maximum Gasteiger partial charge on any atom is 0.325 e. The van der Waals surface area contributed by atoms with Crippen LogP contribution in [0.3, 0.4) is 0 Å². The molecular formula is C25H33N5O4. The van der Waals surface area contributed by atoms with Crippen molar-refractivity contribution in [2.75, 3.05) is 26.7 Å². The number of aryl methyl sites for hydroxylation is 2. The molecule has 0 aliphatic carbocycles. The maximum absolute atomic E-state index is 13.3. The lowest BCUT2D eigenvalue weighted by molar-refractivity contribution is -0.135. The number of hydrogen-bond donors (Lipinski definition) is 1. The molecule has 2 aliphatic rings. The van der Waals surface area contributed by atoms with Crippen molar-refractivity contribution in [3.8, 4) is 5.75 Å². The summed E-state index contributed by atoms with van der Waals surface area (Å²) >= 11 is 0. The number of piperidine rings is 1. The van der Waals surface area contributed by atoms with Crippen molar-refractivity contribution in [1.82, 2.24) is 24.9 Å². The third-order valence-electron chi connectivity index (χ3n) is 7.08. The second kappa shape index (κ2) is 9.87. The van der Waals surface area contributed by atoms with Crippen molar-refractivity contribution in [3.63, 3.8) is 0 Å². The van der Waals surface area contributed by atoms with E-state index in [-0.39, 0.29) is 23.8 Å². The van der Waals surface area contributed by atoms with Gasteiger partial charge >= 0.3 is 6.03 Å². The van der Waals surface area contributed by atoms with Gasteiger partial charge in [0, 0.05) is 38.8 Å². The van der Waals surface area contributed by atoms with E-state index in [9.17, 15) is 14.4 Å². The summed E-state index contributed by atoms with van der Waals surface area (Å²) in [6.45, 7) is 5.81. The first-order chi connectivity index (χ1) is 16.3. The third-order valence-corrected chi connectivity index (χ3v) is 7.08. The van der Waals surface area contributed by atoms with Crippen LogP contribution in [-0.4, -0.2) is 69.7 Å². The Kier molecular flexibility index (Phi) is 6.90. The smallest absolute Gasteiger partial charge is 0.325 e. The van der Waals surface area contributed by atoms with E-state index in [1.807, 2.05) is 55.3 Å². The monoisotopic (exact) mass is 467 g/mol. The average Bonchev–Trinajstić information content (AvgIpc) is 3.36. The summed E-state index contributed by atoms with van der Waals surface area (Å²) in [4.78, 5) is 41.8. The Bertz CT molecular complexity index is 1040. The second-order valence-corrected chi connectivity index (χ2v) is 9.31. The summed E-state index contributed by atoms with van der Waals surface area (Å²) in [5.41, 5.74) is 1.04. The number of nitrogens with zero attached hydrogens (tertiary/aromatic N) is 4. The zero-order valence-electron chi connectivity index (χ0n) is 20.1. The Hall–Kier alpha value is -3.36. The van der Waals surface area contributed by atoms with Crippen molar-refractivity contribution in [2.24, 2.45) is 5.92 Å². The molecule has 1 aromatic heterocycles. The van der Waals surface area contributed by atoms with Gasteiger partial charge in [0.05, 0.1) is 12.8 Å². The van der Waals surface area contributed by atoms with Crippen molar-refractivity contribution >= 4 is 17.8 Å². The van der Waals surface area contributed by atoms with Crippen LogP contribution in [-0.2, 0) is 22.6 Å². The normalized spacial score (nSPS) is 21.1. The minimum atomic E-state index is -0.932. The third kappa shape index (κ3) is 4.93. The Labute approximate surface area is 200 Å². The van der Waals surface area contributed by atoms with E-state index >= 15 is 0 Å². The number of nitrogens with one attached hydrogen (secondary N) is 1. The van der Waals surface area contributed by atoms with Gasteiger partial charge in [0.1, 0.15) is 11.3 Å². The second-order valence-electron chi connectivity index (χ2n) is 9.31. The molecular weight excluding hydrogens is 434 g/mol. The highest BCUT2D eigenvalue weighted by atomic mass is 16.5. The predicted octanol–water partition coefficient (Wildman–Crippen LogP) is 2.38. The van der Waals surface area contributed by atoms with E-state index in [1.165, 1.54) is 4.90 Å². The van der Waals surface area contributed by atoms with E-state index < -0.39 is 5.54 Å². The summed E-state index contributed by atoms with van der Waals surface area (Å²) in [5, 5.41) is 7.27. The standard InChI is InChI=1S/C25H33N5O4/c1-18-8-15-29(27-18)16-12-22(31)28-13-10-20(11-14-28)25(2)23(32)30(24(33)26-25)17-9-19-4-6-21(34-3)7-5-19/h4-8,15,20H,9-14,16-17H2,1-3H3,(H,26,33). The number of carbonyl (C=O) groups is 3. The molecule has 1 unspecified atom stereocenters. The molecule has 34 heavy (non-hydrogen) atoms. The highest BCUT2D eigenvalue weighted by molar-refractivity contribution is 6.07. The van der Waals surface area contributed by atoms with Crippen molar-refractivity contribution in [3.05, 3.63) is 47.8 Å². The van der Waals surface area contributed by atoms with Gasteiger partial charge in [0.15, 0.2) is 0 Å². The van der Waals surface area contributed by atoms with Gasteiger partial charge in [-0.25, -0.2) is 4.79 Å². The number of aromatic nitrogens is 2. The largest absolute Gasteiger partial charge is 0.497 e. The van der Waals surface area contributed by atoms with Gasteiger partial charge in [-0.3, -0.25) is 19.2 Å². The Morgan fingerprint density at radius 1 is 1.15 bits per heavy atom. The minimum Gasteiger partial charge on any atom is -0.497 e. The number of carbonyl (C=O) groups excluding carboxylic acids is 3. The highest BCUT2D eigenvalue weighted by Gasteiger charge is 2.52. The zero-order valence-corrected chi connectivity index (χ0v) is 20.1. The summed E-state index contributed by atoms with van der Waals surface area (Å²) in [6, 6.07) is 9.21. The number of hydrogen-bond acceptors (Lipinski definition) is 5. The van der Waals surface area contributed by atoms with Crippen LogP contribution in [0.4, 0.5) is 4.79 Å². The lowest BCUT2D eigenvalue weighted by atomic mass is 9.79. The average molecular weight is 468 g/mol. The van der Waals surface area contributed by atoms with Gasteiger partial charge < -0.3 is 15.0 Å². The molecule has 2 saturated heterocycles. The predicted molar refractivity (Wildman–Crippen MR) is 126 cm³/mol. The number of ether oxygens (including phenoxy) is 1. The Morgan fingerprint density at radius 2 is 1.85 bits per heavy atom. The van der Waals surface area contributed by atoms with Crippen LogP contribution in [0.1, 0.15) is 37.4 Å². The first-order valence-electron chi connectivity index (χ1n) is 11.8. The van der Waals surface area contributed by atoms with Crippen LogP contribution in [0.2, 0.25) is 0 Å². The number of methoxy groups -OCH3 is 1. The van der Waals surface area contributed by atoms with E-state index in [4.69, 9.17) is 4.74 Å². The molecule has 182 valence electrons. The molecule has 2 aliphatic heterocycles. The van der Waals surface area contributed by atoms with Crippen LogP contribution in [0, 0.1) is 12.8 Å².